The molecule has 3 N–H and O–H groups in total. The Morgan fingerprint density at radius 1 is 1.53 bits per heavy atom. The third-order valence-electron chi connectivity index (χ3n) is 3.25. The Bertz CT molecular complexity index is 386. The fraction of sp³-hybridized carbons (Fsp3) is 0.636. The fourth-order valence-corrected chi connectivity index (χ4v) is 2.15. The standard InChI is InChI=1S/C11H19N5O/c1-11(17-2)4-3-5-16(8-11)10-7-13-6-9(14-10)15-12/h6-7H,3-5,8,12H2,1-2H3,(H,14,15). The maximum absolute atomic E-state index is 5.56. The van der Waals surface area contributed by atoms with Crippen LogP contribution in [0.4, 0.5) is 11.6 Å². The number of hydrazine groups is 1. The minimum atomic E-state index is -0.105. The van der Waals surface area contributed by atoms with Gasteiger partial charge in [0.2, 0.25) is 0 Å². The summed E-state index contributed by atoms with van der Waals surface area (Å²) in [5, 5.41) is 0. The van der Waals surface area contributed by atoms with E-state index in [1.165, 1.54) is 0 Å². The van der Waals surface area contributed by atoms with Crippen molar-refractivity contribution in [2.45, 2.75) is 25.4 Å². The van der Waals surface area contributed by atoms with Crippen molar-refractivity contribution in [3.05, 3.63) is 12.4 Å². The molecule has 1 aliphatic heterocycles. The summed E-state index contributed by atoms with van der Waals surface area (Å²) >= 11 is 0. The van der Waals surface area contributed by atoms with E-state index in [9.17, 15) is 0 Å². The zero-order valence-electron chi connectivity index (χ0n) is 10.3. The summed E-state index contributed by atoms with van der Waals surface area (Å²) in [7, 11) is 1.76. The number of rotatable bonds is 3. The highest BCUT2D eigenvalue weighted by Crippen LogP contribution is 2.26. The molecule has 0 spiro atoms. The van der Waals surface area contributed by atoms with E-state index >= 15 is 0 Å². The molecule has 1 aromatic rings. The summed E-state index contributed by atoms with van der Waals surface area (Å²) in [6.07, 6.45) is 5.51. The van der Waals surface area contributed by atoms with E-state index in [2.05, 4.69) is 27.2 Å². The minimum absolute atomic E-state index is 0.105. The Balaban J connectivity index is 2.16. The summed E-state index contributed by atoms with van der Waals surface area (Å²) in [6, 6.07) is 0. The Morgan fingerprint density at radius 2 is 2.35 bits per heavy atom. The van der Waals surface area contributed by atoms with Crippen LogP contribution in [0.5, 0.6) is 0 Å². The monoisotopic (exact) mass is 237 g/mol. The largest absolute Gasteiger partial charge is 0.377 e. The molecule has 0 radical (unpaired) electrons. The SMILES string of the molecule is COC1(C)CCCN(c2cncc(NN)n2)C1. The predicted molar refractivity (Wildman–Crippen MR) is 66.7 cm³/mol. The van der Waals surface area contributed by atoms with Gasteiger partial charge in [-0.25, -0.2) is 10.8 Å². The second-order valence-electron chi connectivity index (χ2n) is 4.59. The molecule has 0 saturated carbocycles. The number of piperidine rings is 1. The lowest BCUT2D eigenvalue weighted by molar-refractivity contribution is -0.00482. The van der Waals surface area contributed by atoms with Crippen molar-refractivity contribution in [1.29, 1.82) is 0 Å². The van der Waals surface area contributed by atoms with Crippen LogP contribution in [-0.4, -0.2) is 35.8 Å². The first kappa shape index (κ1) is 12.1. The van der Waals surface area contributed by atoms with E-state index < -0.39 is 0 Å². The highest BCUT2D eigenvalue weighted by atomic mass is 16.5. The van der Waals surface area contributed by atoms with Gasteiger partial charge >= 0.3 is 0 Å². The van der Waals surface area contributed by atoms with Gasteiger partial charge in [-0.05, 0) is 19.8 Å². The molecular weight excluding hydrogens is 218 g/mol. The zero-order chi connectivity index (χ0) is 12.3. The van der Waals surface area contributed by atoms with Crippen molar-refractivity contribution >= 4 is 11.6 Å². The van der Waals surface area contributed by atoms with Crippen molar-refractivity contribution in [3.63, 3.8) is 0 Å². The first-order chi connectivity index (χ1) is 8.17. The van der Waals surface area contributed by atoms with E-state index in [-0.39, 0.29) is 5.60 Å². The van der Waals surface area contributed by atoms with Crippen LogP contribution in [-0.2, 0) is 4.74 Å². The van der Waals surface area contributed by atoms with Crippen molar-refractivity contribution in [3.8, 4) is 0 Å². The van der Waals surface area contributed by atoms with Gasteiger partial charge in [-0.15, -0.1) is 0 Å². The second-order valence-corrected chi connectivity index (χ2v) is 4.59. The predicted octanol–water partition coefficient (Wildman–Crippen LogP) is 0.767. The smallest absolute Gasteiger partial charge is 0.160 e. The molecule has 1 aliphatic rings. The third-order valence-corrected chi connectivity index (χ3v) is 3.25. The number of hydrogen-bond acceptors (Lipinski definition) is 6. The van der Waals surface area contributed by atoms with Gasteiger partial charge in [0.1, 0.15) is 5.82 Å². The number of nitrogens with zero attached hydrogens (tertiary/aromatic N) is 3. The van der Waals surface area contributed by atoms with Crippen molar-refractivity contribution in [1.82, 2.24) is 9.97 Å². The van der Waals surface area contributed by atoms with Gasteiger partial charge in [0.05, 0.1) is 18.0 Å². The Kier molecular flexibility index (Phi) is 3.44. The number of nitrogens with two attached hydrogens (primary N) is 1. The number of nitrogen functional groups attached to an aromatic ring is 1. The molecule has 0 bridgehead atoms. The molecule has 0 aromatic carbocycles. The van der Waals surface area contributed by atoms with Crippen molar-refractivity contribution < 1.29 is 4.74 Å². The zero-order valence-corrected chi connectivity index (χ0v) is 10.3. The van der Waals surface area contributed by atoms with Crippen LogP contribution in [0.1, 0.15) is 19.8 Å². The highest BCUT2D eigenvalue weighted by molar-refractivity contribution is 5.43. The number of methoxy groups -OCH3 is 1. The number of aromatic nitrogens is 2. The Morgan fingerprint density at radius 3 is 3.06 bits per heavy atom. The summed E-state index contributed by atoms with van der Waals surface area (Å²) in [4.78, 5) is 10.7. The Labute approximate surface area is 101 Å². The fourth-order valence-electron chi connectivity index (χ4n) is 2.15. The van der Waals surface area contributed by atoms with Crippen molar-refractivity contribution in [2.75, 3.05) is 30.5 Å². The van der Waals surface area contributed by atoms with E-state index in [0.29, 0.717) is 5.82 Å². The molecule has 94 valence electrons. The van der Waals surface area contributed by atoms with Crippen LogP contribution in [0.15, 0.2) is 12.4 Å². The van der Waals surface area contributed by atoms with Crippen LogP contribution in [0.3, 0.4) is 0 Å². The molecule has 17 heavy (non-hydrogen) atoms. The Hall–Kier alpha value is -1.40. The van der Waals surface area contributed by atoms with Gasteiger partial charge in [-0.2, -0.15) is 0 Å². The van der Waals surface area contributed by atoms with E-state index in [4.69, 9.17) is 10.6 Å². The topological polar surface area (TPSA) is 76.3 Å². The van der Waals surface area contributed by atoms with Gasteiger partial charge in [-0.3, -0.25) is 4.98 Å². The lowest BCUT2D eigenvalue weighted by Crippen LogP contribution is -2.47. The molecular formula is C11H19N5O. The third kappa shape index (κ3) is 2.65. The van der Waals surface area contributed by atoms with Crippen LogP contribution in [0.25, 0.3) is 0 Å². The van der Waals surface area contributed by atoms with Gasteiger partial charge in [-0.1, -0.05) is 0 Å². The second kappa shape index (κ2) is 4.85. The molecule has 1 atom stereocenters. The van der Waals surface area contributed by atoms with Crippen LogP contribution < -0.4 is 16.2 Å². The van der Waals surface area contributed by atoms with Gasteiger partial charge < -0.3 is 15.1 Å². The van der Waals surface area contributed by atoms with E-state index in [1.54, 1.807) is 19.5 Å². The molecule has 2 rings (SSSR count). The number of hydrogen-bond donors (Lipinski definition) is 2. The molecule has 1 unspecified atom stereocenters. The lowest BCUT2D eigenvalue weighted by Gasteiger charge is -2.39. The molecule has 1 saturated heterocycles. The van der Waals surface area contributed by atoms with Crippen LogP contribution >= 0.6 is 0 Å². The summed E-state index contributed by atoms with van der Waals surface area (Å²) < 4.78 is 5.56. The molecule has 0 aliphatic carbocycles. The first-order valence-electron chi connectivity index (χ1n) is 5.76. The quantitative estimate of drug-likeness (QED) is 0.597. The number of anilines is 2. The molecule has 1 aromatic heterocycles. The van der Waals surface area contributed by atoms with Gasteiger partial charge in [0, 0.05) is 20.2 Å². The van der Waals surface area contributed by atoms with Gasteiger partial charge in [0.25, 0.3) is 0 Å². The first-order valence-corrected chi connectivity index (χ1v) is 5.76. The highest BCUT2D eigenvalue weighted by Gasteiger charge is 2.31. The summed E-state index contributed by atoms with van der Waals surface area (Å²) in [5.74, 6) is 6.74. The van der Waals surface area contributed by atoms with Crippen LogP contribution in [0.2, 0.25) is 0 Å². The average Bonchev–Trinajstić information content (AvgIpc) is 2.39. The van der Waals surface area contributed by atoms with E-state index in [1.807, 2.05) is 0 Å². The molecule has 1 fully saturated rings. The number of nitrogens with one attached hydrogen (secondary N) is 1. The molecule has 2 heterocycles. The average molecular weight is 237 g/mol. The minimum Gasteiger partial charge on any atom is -0.377 e. The van der Waals surface area contributed by atoms with Crippen molar-refractivity contribution in [2.24, 2.45) is 5.84 Å². The normalized spacial score (nSPS) is 24.8. The molecule has 0 amide bonds. The lowest BCUT2D eigenvalue weighted by atomic mass is 9.95. The maximum Gasteiger partial charge on any atom is 0.160 e. The summed E-state index contributed by atoms with van der Waals surface area (Å²) in [6.45, 7) is 3.92. The number of ether oxygens (including phenoxy) is 1. The molecule has 6 nitrogen and oxygen atoms in total. The maximum atomic E-state index is 5.56. The summed E-state index contributed by atoms with van der Waals surface area (Å²) in [5.41, 5.74) is 2.40. The van der Waals surface area contributed by atoms with Crippen LogP contribution in [0, 0.1) is 0 Å². The molecule has 6 heteroatoms. The van der Waals surface area contributed by atoms with Gasteiger partial charge in [0.15, 0.2) is 5.82 Å². The van der Waals surface area contributed by atoms with E-state index in [0.717, 1.165) is 31.7 Å².